The number of hydrogen-bond acceptors (Lipinski definition) is 4. The van der Waals surface area contributed by atoms with E-state index >= 15 is 0 Å². The van der Waals surface area contributed by atoms with Gasteiger partial charge < -0.3 is 4.74 Å². The minimum Gasteiger partial charge on any atom is -0.465 e. The van der Waals surface area contributed by atoms with Gasteiger partial charge >= 0.3 is 5.97 Å². The second-order valence-corrected chi connectivity index (χ2v) is 4.27. The first-order valence-corrected chi connectivity index (χ1v) is 5.90. The Morgan fingerprint density at radius 3 is 3.14 bits per heavy atom. The third-order valence-electron chi connectivity index (χ3n) is 1.39. The molecule has 1 heterocycles. The van der Waals surface area contributed by atoms with E-state index in [2.05, 4.69) is 20.9 Å². The van der Waals surface area contributed by atoms with Gasteiger partial charge in [0, 0.05) is 21.8 Å². The topological polar surface area (TPSA) is 39.2 Å². The van der Waals surface area contributed by atoms with Crippen molar-refractivity contribution in [3.8, 4) is 0 Å². The highest BCUT2D eigenvalue weighted by Crippen LogP contribution is 2.25. The maximum atomic E-state index is 11.1. The van der Waals surface area contributed by atoms with Crippen LogP contribution in [-0.2, 0) is 9.53 Å². The standard InChI is InChI=1S/C9H10BrNO2S/c1-2-13-9(12)6-14-8-3-4-11-5-7(8)10/h3-5H,2,6H2,1H3. The summed E-state index contributed by atoms with van der Waals surface area (Å²) in [6.07, 6.45) is 3.39. The number of esters is 1. The van der Waals surface area contributed by atoms with E-state index in [1.54, 1.807) is 19.3 Å². The van der Waals surface area contributed by atoms with Gasteiger partial charge in [-0.25, -0.2) is 0 Å². The second-order valence-electron chi connectivity index (χ2n) is 2.40. The quantitative estimate of drug-likeness (QED) is 0.625. The Balaban J connectivity index is 2.46. The normalized spacial score (nSPS) is 9.86. The SMILES string of the molecule is CCOC(=O)CSc1ccncc1Br. The highest BCUT2D eigenvalue weighted by Gasteiger charge is 2.05. The molecule has 0 atom stereocenters. The molecule has 0 saturated carbocycles. The fourth-order valence-electron chi connectivity index (χ4n) is 0.819. The predicted molar refractivity (Wildman–Crippen MR) is 59.3 cm³/mol. The van der Waals surface area contributed by atoms with Crippen LogP contribution in [0, 0.1) is 0 Å². The first-order valence-electron chi connectivity index (χ1n) is 4.12. The molecule has 76 valence electrons. The van der Waals surface area contributed by atoms with E-state index in [-0.39, 0.29) is 5.97 Å². The molecule has 0 unspecified atom stereocenters. The molecule has 5 heteroatoms. The zero-order valence-electron chi connectivity index (χ0n) is 7.70. The van der Waals surface area contributed by atoms with Gasteiger partial charge in [-0.2, -0.15) is 0 Å². The number of carbonyl (C=O) groups excluding carboxylic acids is 1. The maximum Gasteiger partial charge on any atom is 0.316 e. The van der Waals surface area contributed by atoms with Crippen LogP contribution in [0.15, 0.2) is 27.8 Å². The number of pyridine rings is 1. The van der Waals surface area contributed by atoms with Crippen molar-refractivity contribution in [1.82, 2.24) is 4.98 Å². The summed E-state index contributed by atoms with van der Waals surface area (Å²) >= 11 is 4.78. The molecule has 0 radical (unpaired) electrons. The molecule has 0 aliphatic rings. The molecule has 0 fully saturated rings. The molecule has 1 rings (SSSR count). The van der Waals surface area contributed by atoms with Gasteiger partial charge in [0.1, 0.15) is 0 Å². The van der Waals surface area contributed by atoms with Crippen LogP contribution in [0.1, 0.15) is 6.92 Å². The maximum absolute atomic E-state index is 11.1. The molecule has 3 nitrogen and oxygen atoms in total. The Kier molecular flexibility index (Phi) is 4.97. The Labute approximate surface area is 95.4 Å². The summed E-state index contributed by atoms with van der Waals surface area (Å²) in [5.74, 6) is 0.136. The molecule has 14 heavy (non-hydrogen) atoms. The Hall–Kier alpha value is -0.550. The van der Waals surface area contributed by atoms with Gasteiger partial charge in [-0.15, -0.1) is 11.8 Å². The molecule has 0 saturated heterocycles. The van der Waals surface area contributed by atoms with Crippen molar-refractivity contribution in [3.05, 3.63) is 22.9 Å². The van der Waals surface area contributed by atoms with E-state index < -0.39 is 0 Å². The molecule has 0 N–H and O–H groups in total. The van der Waals surface area contributed by atoms with Crippen LogP contribution in [-0.4, -0.2) is 23.3 Å². The molecule has 0 aliphatic heterocycles. The van der Waals surface area contributed by atoms with Gasteiger partial charge in [0.2, 0.25) is 0 Å². The number of thioether (sulfide) groups is 1. The summed E-state index contributed by atoms with van der Waals surface area (Å²) < 4.78 is 5.71. The summed E-state index contributed by atoms with van der Waals surface area (Å²) in [7, 11) is 0. The van der Waals surface area contributed by atoms with Crippen molar-refractivity contribution in [1.29, 1.82) is 0 Å². The fourth-order valence-corrected chi connectivity index (χ4v) is 2.12. The number of hydrogen-bond donors (Lipinski definition) is 0. The number of carbonyl (C=O) groups is 1. The summed E-state index contributed by atoms with van der Waals surface area (Å²) in [4.78, 5) is 16.0. The average molecular weight is 276 g/mol. The number of ether oxygens (including phenoxy) is 1. The van der Waals surface area contributed by atoms with Crippen molar-refractivity contribution in [3.63, 3.8) is 0 Å². The monoisotopic (exact) mass is 275 g/mol. The highest BCUT2D eigenvalue weighted by molar-refractivity contribution is 9.10. The van der Waals surface area contributed by atoms with Crippen molar-refractivity contribution in [2.24, 2.45) is 0 Å². The number of aromatic nitrogens is 1. The Bertz CT molecular complexity index is 319. The zero-order chi connectivity index (χ0) is 10.4. The smallest absolute Gasteiger partial charge is 0.316 e. The van der Waals surface area contributed by atoms with Gasteiger partial charge in [-0.3, -0.25) is 9.78 Å². The predicted octanol–water partition coefficient (Wildman–Crippen LogP) is 2.50. The summed E-state index contributed by atoms with van der Waals surface area (Å²) in [5.41, 5.74) is 0. The zero-order valence-corrected chi connectivity index (χ0v) is 10.1. The molecule has 1 aromatic rings. The molecule has 0 aromatic carbocycles. The lowest BCUT2D eigenvalue weighted by Gasteiger charge is -2.03. The van der Waals surface area contributed by atoms with E-state index in [9.17, 15) is 4.79 Å². The first-order chi connectivity index (χ1) is 6.74. The largest absolute Gasteiger partial charge is 0.465 e. The lowest BCUT2D eigenvalue weighted by molar-refractivity contribution is -0.139. The molecule has 0 aliphatic carbocycles. The van der Waals surface area contributed by atoms with Crippen LogP contribution in [0.5, 0.6) is 0 Å². The van der Waals surface area contributed by atoms with Crippen molar-refractivity contribution < 1.29 is 9.53 Å². The molecule has 1 aromatic heterocycles. The molecule has 0 bridgehead atoms. The Morgan fingerprint density at radius 1 is 1.71 bits per heavy atom. The van der Waals surface area contributed by atoms with E-state index in [0.29, 0.717) is 12.4 Å². The first kappa shape index (κ1) is 11.5. The van der Waals surface area contributed by atoms with Crippen LogP contribution >= 0.6 is 27.7 Å². The molecule has 0 spiro atoms. The van der Waals surface area contributed by atoms with Crippen molar-refractivity contribution >= 4 is 33.7 Å². The van der Waals surface area contributed by atoms with E-state index in [1.807, 2.05) is 6.07 Å². The minimum atomic E-state index is -0.193. The fraction of sp³-hybridized carbons (Fsp3) is 0.333. The Morgan fingerprint density at radius 2 is 2.50 bits per heavy atom. The van der Waals surface area contributed by atoms with Crippen molar-refractivity contribution in [2.75, 3.05) is 12.4 Å². The van der Waals surface area contributed by atoms with Gasteiger partial charge in [0.05, 0.1) is 12.4 Å². The lowest BCUT2D eigenvalue weighted by atomic mass is 10.5. The van der Waals surface area contributed by atoms with E-state index in [1.165, 1.54) is 11.8 Å². The van der Waals surface area contributed by atoms with Gasteiger partial charge in [-0.1, -0.05) is 0 Å². The summed E-state index contributed by atoms with van der Waals surface area (Å²) in [6.45, 7) is 2.22. The lowest BCUT2D eigenvalue weighted by Crippen LogP contribution is -2.06. The van der Waals surface area contributed by atoms with Crippen LogP contribution in [0.25, 0.3) is 0 Å². The van der Waals surface area contributed by atoms with Gasteiger partial charge in [0.25, 0.3) is 0 Å². The minimum absolute atomic E-state index is 0.193. The molecule has 0 amide bonds. The van der Waals surface area contributed by atoms with Gasteiger partial charge in [0.15, 0.2) is 0 Å². The summed E-state index contributed by atoms with van der Waals surface area (Å²) in [6, 6.07) is 1.86. The third kappa shape index (κ3) is 3.67. The third-order valence-corrected chi connectivity index (χ3v) is 3.33. The number of rotatable bonds is 4. The van der Waals surface area contributed by atoms with Crippen molar-refractivity contribution in [2.45, 2.75) is 11.8 Å². The van der Waals surface area contributed by atoms with Crippen LogP contribution in [0.4, 0.5) is 0 Å². The van der Waals surface area contributed by atoms with Crippen LogP contribution in [0.2, 0.25) is 0 Å². The summed E-state index contributed by atoms with van der Waals surface area (Å²) in [5, 5.41) is 0. The molecular weight excluding hydrogens is 266 g/mol. The van der Waals surface area contributed by atoms with Crippen LogP contribution in [0.3, 0.4) is 0 Å². The second kappa shape index (κ2) is 6.03. The highest BCUT2D eigenvalue weighted by atomic mass is 79.9. The van der Waals surface area contributed by atoms with E-state index in [0.717, 1.165) is 9.37 Å². The van der Waals surface area contributed by atoms with E-state index in [4.69, 9.17) is 4.74 Å². The number of nitrogens with zero attached hydrogens (tertiary/aromatic N) is 1. The average Bonchev–Trinajstić information content (AvgIpc) is 2.17. The molecular formula is C9H10BrNO2S. The number of halogens is 1. The van der Waals surface area contributed by atoms with Crippen LogP contribution < -0.4 is 0 Å². The van der Waals surface area contributed by atoms with Gasteiger partial charge in [-0.05, 0) is 28.9 Å².